The van der Waals surface area contributed by atoms with E-state index in [2.05, 4.69) is 4.98 Å². The van der Waals surface area contributed by atoms with Crippen LogP contribution in [-0.4, -0.2) is 49.2 Å². The molecule has 0 radical (unpaired) electrons. The number of ether oxygens (including phenoxy) is 1. The van der Waals surface area contributed by atoms with Crippen molar-refractivity contribution >= 4 is 11.6 Å². The molecule has 0 amide bonds. The minimum atomic E-state index is -2.74. The minimum absolute atomic E-state index is 0.613. The SMILES string of the molecule is O=c1ncn(C2OC(CO)[C@H](O)C2(F)C#CCl)c(=O)[nH]1. The van der Waals surface area contributed by atoms with Crippen molar-refractivity contribution < 1.29 is 19.3 Å². The third-order valence-corrected chi connectivity index (χ3v) is 2.96. The Morgan fingerprint density at radius 1 is 1.65 bits per heavy atom. The van der Waals surface area contributed by atoms with Crippen LogP contribution in [0.4, 0.5) is 4.39 Å². The maximum Gasteiger partial charge on any atom is 0.350 e. The molecule has 0 bridgehead atoms. The highest BCUT2D eigenvalue weighted by atomic mass is 35.5. The van der Waals surface area contributed by atoms with Crippen molar-refractivity contribution in [2.75, 3.05) is 6.61 Å². The van der Waals surface area contributed by atoms with Crippen LogP contribution in [0.5, 0.6) is 0 Å². The number of aliphatic hydroxyl groups excluding tert-OH is 2. The van der Waals surface area contributed by atoms with Crippen LogP contribution < -0.4 is 11.4 Å². The third-order valence-electron chi connectivity index (χ3n) is 2.86. The van der Waals surface area contributed by atoms with Crippen LogP contribution in [0.15, 0.2) is 15.9 Å². The van der Waals surface area contributed by atoms with Crippen molar-refractivity contribution in [3.63, 3.8) is 0 Å². The third kappa shape index (κ3) is 2.23. The lowest BCUT2D eigenvalue weighted by Crippen LogP contribution is -2.45. The van der Waals surface area contributed by atoms with Gasteiger partial charge < -0.3 is 14.9 Å². The summed E-state index contributed by atoms with van der Waals surface area (Å²) in [5.41, 5.74) is -4.66. The van der Waals surface area contributed by atoms with Crippen molar-refractivity contribution in [3.8, 4) is 11.3 Å². The molecule has 20 heavy (non-hydrogen) atoms. The smallest absolute Gasteiger partial charge is 0.350 e. The first-order valence-electron chi connectivity index (χ1n) is 5.37. The molecule has 0 aliphatic carbocycles. The molecule has 2 heterocycles. The summed E-state index contributed by atoms with van der Waals surface area (Å²) in [7, 11) is 0. The summed E-state index contributed by atoms with van der Waals surface area (Å²) in [6, 6.07) is 0. The topological polar surface area (TPSA) is 117 Å². The van der Waals surface area contributed by atoms with Crippen LogP contribution in [0.1, 0.15) is 6.23 Å². The minimum Gasteiger partial charge on any atom is -0.394 e. The van der Waals surface area contributed by atoms with Crippen LogP contribution in [0.25, 0.3) is 0 Å². The number of rotatable bonds is 2. The van der Waals surface area contributed by atoms with Gasteiger partial charge in [-0.2, -0.15) is 4.98 Å². The van der Waals surface area contributed by atoms with Gasteiger partial charge in [0.1, 0.15) is 18.5 Å². The van der Waals surface area contributed by atoms with Gasteiger partial charge in [-0.15, -0.1) is 0 Å². The summed E-state index contributed by atoms with van der Waals surface area (Å²) < 4.78 is 20.4. The number of hydrogen-bond acceptors (Lipinski definition) is 6. The van der Waals surface area contributed by atoms with Crippen LogP contribution in [0, 0.1) is 11.3 Å². The first-order chi connectivity index (χ1) is 9.43. The molecule has 0 aromatic carbocycles. The van der Waals surface area contributed by atoms with E-state index in [1.54, 1.807) is 5.38 Å². The highest BCUT2D eigenvalue weighted by Crippen LogP contribution is 2.40. The zero-order chi connectivity index (χ0) is 14.9. The molecule has 1 aromatic heterocycles. The Hall–Kier alpha value is -1.73. The molecule has 108 valence electrons. The highest BCUT2D eigenvalue weighted by Gasteiger charge is 2.58. The standard InChI is InChI=1S/C10H9ClFN3O5/c11-2-1-10(12)6(17)5(3-16)20-7(10)15-4-13-8(18)14-9(15)19/h4-7,16-17H,3H2,(H,14,18,19)/t5?,6-,7?,10?/m0/s1. The Bertz CT molecular complexity index is 680. The molecule has 10 heteroatoms. The fraction of sp³-hybridized carbons (Fsp3) is 0.500. The average Bonchev–Trinajstić information content (AvgIpc) is 2.63. The van der Waals surface area contributed by atoms with Crippen molar-refractivity contribution in [2.45, 2.75) is 24.1 Å². The Morgan fingerprint density at radius 2 is 2.35 bits per heavy atom. The Kier molecular flexibility index (Phi) is 3.92. The van der Waals surface area contributed by atoms with E-state index in [0.717, 1.165) is 6.33 Å². The van der Waals surface area contributed by atoms with Gasteiger partial charge in [-0.25, -0.2) is 14.0 Å². The number of hydrogen-bond donors (Lipinski definition) is 3. The van der Waals surface area contributed by atoms with Gasteiger partial charge >= 0.3 is 11.4 Å². The number of alkyl halides is 1. The van der Waals surface area contributed by atoms with Crippen LogP contribution in [0.3, 0.4) is 0 Å². The van der Waals surface area contributed by atoms with E-state index < -0.39 is 42.1 Å². The lowest BCUT2D eigenvalue weighted by Gasteiger charge is -2.23. The number of H-pyrrole nitrogens is 1. The van der Waals surface area contributed by atoms with Gasteiger partial charge in [0.25, 0.3) is 0 Å². The number of aromatic amines is 1. The Balaban J connectivity index is 2.55. The van der Waals surface area contributed by atoms with Gasteiger partial charge in [-0.1, -0.05) is 0 Å². The first-order valence-corrected chi connectivity index (χ1v) is 5.75. The van der Waals surface area contributed by atoms with Gasteiger partial charge in [0, 0.05) is 5.38 Å². The van der Waals surface area contributed by atoms with Gasteiger partial charge in [0.05, 0.1) is 6.61 Å². The molecule has 3 unspecified atom stereocenters. The molecule has 1 aromatic rings. The lowest BCUT2D eigenvalue weighted by molar-refractivity contribution is -0.0548. The fourth-order valence-electron chi connectivity index (χ4n) is 1.90. The molecule has 3 N–H and O–H groups in total. The monoisotopic (exact) mass is 305 g/mol. The van der Waals surface area contributed by atoms with E-state index in [0.29, 0.717) is 4.57 Å². The second kappa shape index (κ2) is 5.34. The number of nitrogens with zero attached hydrogens (tertiary/aromatic N) is 2. The zero-order valence-electron chi connectivity index (χ0n) is 9.79. The van der Waals surface area contributed by atoms with E-state index in [-0.39, 0.29) is 0 Å². The molecule has 1 saturated heterocycles. The summed E-state index contributed by atoms with van der Waals surface area (Å²) in [5, 5.41) is 20.6. The second-order valence-electron chi connectivity index (χ2n) is 4.03. The maximum atomic E-state index is 14.8. The molecule has 0 saturated carbocycles. The lowest BCUT2D eigenvalue weighted by atomic mass is 9.97. The predicted molar refractivity (Wildman–Crippen MR) is 63.6 cm³/mol. The molecular formula is C10H9ClFN3O5. The molecule has 0 spiro atoms. The van der Waals surface area contributed by atoms with Crippen LogP contribution in [-0.2, 0) is 4.74 Å². The first kappa shape index (κ1) is 14.7. The van der Waals surface area contributed by atoms with Gasteiger partial charge in [-0.05, 0) is 17.5 Å². The molecule has 1 aliphatic rings. The zero-order valence-corrected chi connectivity index (χ0v) is 10.5. The molecule has 2 rings (SSSR count). The summed E-state index contributed by atoms with van der Waals surface area (Å²) in [6.07, 6.45) is -4.09. The molecule has 4 atom stereocenters. The second-order valence-corrected chi connectivity index (χ2v) is 4.22. The van der Waals surface area contributed by atoms with Crippen molar-refractivity contribution in [2.24, 2.45) is 0 Å². The van der Waals surface area contributed by atoms with E-state index in [1.807, 2.05) is 10.9 Å². The Labute approximate surface area is 115 Å². The normalized spacial score (nSPS) is 32.7. The molecule has 8 nitrogen and oxygen atoms in total. The van der Waals surface area contributed by atoms with Crippen LogP contribution >= 0.6 is 11.6 Å². The predicted octanol–water partition coefficient (Wildman–Crippen LogP) is -1.91. The van der Waals surface area contributed by atoms with E-state index in [4.69, 9.17) is 21.4 Å². The van der Waals surface area contributed by atoms with Crippen LogP contribution in [0.2, 0.25) is 0 Å². The van der Waals surface area contributed by atoms with Gasteiger partial charge in [-0.3, -0.25) is 9.55 Å². The van der Waals surface area contributed by atoms with Crippen molar-refractivity contribution in [1.82, 2.24) is 14.5 Å². The quantitative estimate of drug-likeness (QED) is 0.549. The molecular weight excluding hydrogens is 297 g/mol. The summed E-state index contributed by atoms with van der Waals surface area (Å²) >= 11 is 5.15. The van der Waals surface area contributed by atoms with Crippen molar-refractivity contribution in [1.29, 1.82) is 0 Å². The summed E-state index contributed by atoms with van der Waals surface area (Å²) in [6.45, 7) is -0.696. The largest absolute Gasteiger partial charge is 0.394 e. The molecule has 1 aliphatic heterocycles. The average molecular weight is 306 g/mol. The maximum absolute atomic E-state index is 14.8. The van der Waals surface area contributed by atoms with Gasteiger partial charge in [0.2, 0.25) is 5.67 Å². The summed E-state index contributed by atoms with van der Waals surface area (Å²) in [5.74, 6) is 1.91. The number of aliphatic hydroxyl groups is 2. The van der Waals surface area contributed by atoms with E-state index >= 15 is 0 Å². The molecule has 1 fully saturated rings. The highest BCUT2D eigenvalue weighted by molar-refractivity contribution is 6.30. The van der Waals surface area contributed by atoms with Crippen molar-refractivity contribution in [3.05, 3.63) is 27.3 Å². The summed E-state index contributed by atoms with van der Waals surface area (Å²) in [4.78, 5) is 27.6. The van der Waals surface area contributed by atoms with E-state index in [1.165, 1.54) is 0 Å². The fourth-order valence-corrected chi connectivity index (χ4v) is 2.04. The Morgan fingerprint density at radius 3 is 2.90 bits per heavy atom. The van der Waals surface area contributed by atoms with Gasteiger partial charge in [0.15, 0.2) is 6.23 Å². The number of halogens is 2. The number of nitrogens with one attached hydrogen (secondary N) is 1. The number of aromatic nitrogens is 3. The van der Waals surface area contributed by atoms with E-state index in [9.17, 15) is 19.1 Å².